The topological polar surface area (TPSA) is 82.1 Å². The van der Waals surface area contributed by atoms with Crippen molar-refractivity contribution in [2.45, 2.75) is 13.3 Å². The van der Waals surface area contributed by atoms with Crippen LogP contribution in [-0.4, -0.2) is 43.7 Å². The van der Waals surface area contributed by atoms with Gasteiger partial charge in [-0.05, 0) is 6.92 Å². The molecule has 0 saturated heterocycles. The van der Waals surface area contributed by atoms with E-state index >= 15 is 0 Å². The van der Waals surface area contributed by atoms with Crippen LogP contribution < -0.4 is 0 Å². The summed E-state index contributed by atoms with van der Waals surface area (Å²) in [5, 5.41) is 8.08. The molecule has 0 rings (SSSR count). The third kappa shape index (κ3) is 8.79. The van der Waals surface area contributed by atoms with Crippen LogP contribution in [0, 0.1) is 0 Å². The Morgan fingerprint density at radius 1 is 1.14 bits per heavy atom. The number of carbonyl (C=O) groups is 2. The summed E-state index contributed by atoms with van der Waals surface area (Å²) in [4.78, 5) is 20.6. The quantitative estimate of drug-likeness (QED) is 0.486. The van der Waals surface area contributed by atoms with E-state index in [9.17, 15) is 9.59 Å². The zero-order valence-electron chi connectivity index (χ0n) is 8.02. The molecule has 0 spiro atoms. The van der Waals surface area contributed by atoms with Gasteiger partial charge in [-0.3, -0.25) is 4.79 Å². The highest BCUT2D eigenvalue weighted by molar-refractivity contribution is 5.69. The molecule has 0 unspecified atom stereocenters. The average molecular weight is 206 g/mol. The van der Waals surface area contributed by atoms with E-state index in [4.69, 9.17) is 9.84 Å². The van der Waals surface area contributed by atoms with Crippen molar-refractivity contribution in [1.29, 1.82) is 0 Å². The lowest BCUT2D eigenvalue weighted by Gasteiger charge is -2.03. The van der Waals surface area contributed by atoms with Crippen molar-refractivity contribution >= 4 is 12.1 Å². The van der Waals surface area contributed by atoms with Crippen LogP contribution in [0.1, 0.15) is 13.3 Å². The number of hydrogen-bond acceptors (Lipinski definition) is 5. The molecule has 1 N–H and O–H groups in total. The second-order valence-corrected chi connectivity index (χ2v) is 2.28. The summed E-state index contributed by atoms with van der Waals surface area (Å²) in [7, 11) is 0. The summed E-state index contributed by atoms with van der Waals surface area (Å²) in [6.45, 7) is 2.39. The minimum absolute atomic E-state index is 0.0296. The van der Waals surface area contributed by atoms with E-state index in [0.29, 0.717) is 6.61 Å². The Kier molecular flexibility index (Phi) is 7.53. The first-order valence-corrected chi connectivity index (χ1v) is 4.26. The van der Waals surface area contributed by atoms with E-state index in [0.717, 1.165) is 0 Å². The van der Waals surface area contributed by atoms with Gasteiger partial charge in [-0.15, -0.1) is 0 Å². The van der Waals surface area contributed by atoms with E-state index in [1.165, 1.54) is 0 Å². The summed E-state index contributed by atoms with van der Waals surface area (Å²) >= 11 is 0. The monoisotopic (exact) mass is 206 g/mol. The normalized spacial score (nSPS) is 9.50. The van der Waals surface area contributed by atoms with Gasteiger partial charge in [0.2, 0.25) is 0 Å². The third-order valence-electron chi connectivity index (χ3n) is 1.21. The van der Waals surface area contributed by atoms with Crippen LogP contribution >= 0.6 is 0 Å². The minimum atomic E-state index is -1.33. The van der Waals surface area contributed by atoms with E-state index in [-0.39, 0.29) is 32.2 Å². The van der Waals surface area contributed by atoms with Crippen molar-refractivity contribution in [3.8, 4) is 0 Å². The Bertz CT molecular complexity index is 179. The molecule has 0 radical (unpaired) electrons. The predicted octanol–water partition coefficient (Wildman–Crippen LogP) is 0.651. The van der Waals surface area contributed by atoms with E-state index in [2.05, 4.69) is 9.47 Å². The molecule has 0 atom stereocenters. The molecule has 82 valence electrons. The lowest BCUT2D eigenvalue weighted by molar-refractivity contribution is -0.144. The maximum Gasteiger partial charge on any atom is 0.505 e. The average Bonchev–Trinajstić information content (AvgIpc) is 2.11. The van der Waals surface area contributed by atoms with Crippen molar-refractivity contribution < 1.29 is 28.9 Å². The molecule has 0 aromatic carbocycles. The highest BCUT2D eigenvalue weighted by Gasteiger charge is 2.01. The second-order valence-electron chi connectivity index (χ2n) is 2.28. The Balaban J connectivity index is 3.13. The molecule has 0 fully saturated rings. The largest absolute Gasteiger partial charge is 0.505 e. The number of carboxylic acid groups (broad SMARTS) is 1. The fraction of sp³-hybridized carbons (Fsp3) is 0.750. The summed E-state index contributed by atoms with van der Waals surface area (Å²) in [5.74, 6) is -0.327. The molecule has 6 heteroatoms. The molecule has 0 heterocycles. The van der Waals surface area contributed by atoms with Crippen LogP contribution in [0.2, 0.25) is 0 Å². The first kappa shape index (κ1) is 12.7. The lowest BCUT2D eigenvalue weighted by Crippen LogP contribution is -2.12. The van der Waals surface area contributed by atoms with Gasteiger partial charge in [0.05, 0.1) is 26.2 Å². The molecule has 0 aliphatic heterocycles. The van der Waals surface area contributed by atoms with Crippen LogP contribution in [0.25, 0.3) is 0 Å². The summed E-state index contributed by atoms with van der Waals surface area (Å²) in [6, 6.07) is 0. The van der Waals surface area contributed by atoms with Gasteiger partial charge in [-0.25, -0.2) is 4.79 Å². The molecule has 14 heavy (non-hydrogen) atoms. The minimum Gasteiger partial charge on any atom is -0.466 e. The molecule has 0 amide bonds. The number of rotatable bonds is 7. The molecule has 0 aliphatic carbocycles. The Hall–Kier alpha value is -1.30. The van der Waals surface area contributed by atoms with Gasteiger partial charge >= 0.3 is 12.1 Å². The fourth-order valence-electron chi connectivity index (χ4n) is 0.679. The van der Waals surface area contributed by atoms with Crippen molar-refractivity contribution in [3.63, 3.8) is 0 Å². The van der Waals surface area contributed by atoms with Gasteiger partial charge in [-0.1, -0.05) is 0 Å². The number of ether oxygens (including phenoxy) is 3. The van der Waals surface area contributed by atoms with E-state index < -0.39 is 6.16 Å². The van der Waals surface area contributed by atoms with Gasteiger partial charge in [-0.2, -0.15) is 0 Å². The molecule has 0 saturated carbocycles. The van der Waals surface area contributed by atoms with Gasteiger partial charge in [0.15, 0.2) is 0 Å². The number of esters is 1. The van der Waals surface area contributed by atoms with Crippen LogP contribution in [-0.2, 0) is 19.0 Å². The van der Waals surface area contributed by atoms with Crippen molar-refractivity contribution in [3.05, 3.63) is 0 Å². The van der Waals surface area contributed by atoms with Crippen LogP contribution in [0.15, 0.2) is 0 Å². The van der Waals surface area contributed by atoms with Crippen LogP contribution in [0.3, 0.4) is 0 Å². The van der Waals surface area contributed by atoms with Crippen molar-refractivity contribution in [2.24, 2.45) is 0 Å². The SMILES string of the molecule is CCOC(=O)CCOCCOC(=O)O. The van der Waals surface area contributed by atoms with E-state index in [1.54, 1.807) is 6.92 Å². The smallest absolute Gasteiger partial charge is 0.466 e. The van der Waals surface area contributed by atoms with Gasteiger partial charge < -0.3 is 19.3 Å². The molecular formula is C8H14O6. The summed E-state index contributed by atoms with van der Waals surface area (Å²) in [6.07, 6.45) is -1.17. The highest BCUT2D eigenvalue weighted by Crippen LogP contribution is 1.88. The van der Waals surface area contributed by atoms with E-state index in [1.807, 2.05) is 0 Å². The number of carbonyl (C=O) groups excluding carboxylic acids is 1. The maximum atomic E-state index is 10.8. The Labute approximate surface area is 81.8 Å². The first-order valence-electron chi connectivity index (χ1n) is 4.26. The molecular weight excluding hydrogens is 192 g/mol. The molecule has 0 aromatic rings. The lowest BCUT2D eigenvalue weighted by atomic mass is 10.5. The molecule has 0 aliphatic rings. The molecule has 0 aromatic heterocycles. The van der Waals surface area contributed by atoms with Crippen LogP contribution in [0.4, 0.5) is 4.79 Å². The standard InChI is InChI=1S/C8H14O6/c1-2-13-7(9)3-4-12-5-6-14-8(10)11/h2-6H2,1H3,(H,10,11). The fourth-order valence-corrected chi connectivity index (χ4v) is 0.679. The van der Waals surface area contributed by atoms with Crippen molar-refractivity contribution in [2.75, 3.05) is 26.4 Å². The first-order chi connectivity index (χ1) is 6.66. The second kappa shape index (κ2) is 8.31. The van der Waals surface area contributed by atoms with Crippen LogP contribution in [0.5, 0.6) is 0 Å². The predicted molar refractivity (Wildman–Crippen MR) is 46.0 cm³/mol. The zero-order chi connectivity index (χ0) is 10.8. The van der Waals surface area contributed by atoms with Crippen molar-refractivity contribution in [1.82, 2.24) is 0 Å². The Morgan fingerprint density at radius 2 is 1.86 bits per heavy atom. The highest BCUT2D eigenvalue weighted by atomic mass is 16.7. The third-order valence-corrected chi connectivity index (χ3v) is 1.21. The maximum absolute atomic E-state index is 10.8. The van der Waals surface area contributed by atoms with Gasteiger partial charge in [0.25, 0.3) is 0 Å². The number of hydrogen-bond donors (Lipinski definition) is 1. The molecule has 0 bridgehead atoms. The molecule has 6 nitrogen and oxygen atoms in total. The Morgan fingerprint density at radius 3 is 2.43 bits per heavy atom. The zero-order valence-corrected chi connectivity index (χ0v) is 8.02. The van der Waals surface area contributed by atoms with Gasteiger partial charge in [0.1, 0.15) is 6.61 Å². The summed E-state index contributed by atoms with van der Waals surface area (Å²) in [5.41, 5.74) is 0. The van der Waals surface area contributed by atoms with Gasteiger partial charge in [0, 0.05) is 0 Å². The summed E-state index contributed by atoms with van der Waals surface area (Å²) < 4.78 is 13.7.